The van der Waals surface area contributed by atoms with Gasteiger partial charge in [-0.2, -0.15) is 16.8 Å². The van der Waals surface area contributed by atoms with E-state index in [2.05, 4.69) is 12.2 Å². The molecule has 1 aromatic heterocycles. The summed E-state index contributed by atoms with van der Waals surface area (Å²) in [6, 6.07) is 30.4. The van der Waals surface area contributed by atoms with Gasteiger partial charge >= 0.3 is 5.97 Å². The fourth-order valence-corrected chi connectivity index (χ4v) is 11.7. The third-order valence-corrected chi connectivity index (χ3v) is 14.5. The molecule has 0 unspecified atom stereocenters. The predicted octanol–water partition coefficient (Wildman–Crippen LogP) is 11.2. The monoisotopic (exact) mass is 839 g/mol. The SMILES string of the molecule is O=C(O)CCSC1=C(/C=C/c2cc(-c3ccccc3S(=O)(=O)O)[s+]c3ccccc23)CCC/C1=C\C=C1/C=C(c2ccccc2S(=O)(=O)O)Sc2ccccc21. The zero-order chi connectivity index (χ0) is 39.5. The van der Waals surface area contributed by atoms with Gasteiger partial charge in [0.25, 0.3) is 20.2 Å². The van der Waals surface area contributed by atoms with Crippen molar-refractivity contribution in [2.24, 2.45) is 0 Å². The highest BCUT2D eigenvalue weighted by atomic mass is 32.2. The van der Waals surface area contributed by atoms with E-state index in [1.54, 1.807) is 36.4 Å². The van der Waals surface area contributed by atoms with Crippen molar-refractivity contribution < 1.29 is 35.8 Å². The molecule has 0 atom stereocenters. The number of carboxylic acids is 1. The first-order valence-corrected chi connectivity index (χ1v) is 23.0. The number of thioether (sulfide) groups is 2. The second kappa shape index (κ2) is 16.9. The summed E-state index contributed by atoms with van der Waals surface area (Å²) >= 11 is 4.37. The Morgan fingerprint density at radius 2 is 1.41 bits per heavy atom. The molecule has 0 radical (unpaired) electrons. The molecule has 284 valence electrons. The molecule has 0 bridgehead atoms. The van der Waals surface area contributed by atoms with Crippen molar-refractivity contribution in [3.05, 3.63) is 160 Å². The van der Waals surface area contributed by atoms with E-state index in [-0.39, 0.29) is 16.2 Å². The van der Waals surface area contributed by atoms with Crippen LogP contribution in [0.3, 0.4) is 0 Å². The summed E-state index contributed by atoms with van der Waals surface area (Å²) in [6.07, 6.45) is 12.5. The smallest absolute Gasteiger partial charge is 0.304 e. The first kappa shape index (κ1) is 39.6. The number of carboxylic acid groups (broad SMARTS) is 1. The lowest BCUT2D eigenvalue weighted by Crippen LogP contribution is -2.04. The van der Waals surface area contributed by atoms with Gasteiger partial charge in [0.05, 0.1) is 12.0 Å². The Labute approximate surface area is 338 Å². The van der Waals surface area contributed by atoms with Crippen molar-refractivity contribution in [3.8, 4) is 10.4 Å². The molecule has 4 aromatic carbocycles. The highest BCUT2D eigenvalue weighted by molar-refractivity contribution is 8.08. The highest BCUT2D eigenvalue weighted by Gasteiger charge is 2.25. The van der Waals surface area contributed by atoms with Crippen LogP contribution in [0.1, 0.15) is 42.4 Å². The lowest BCUT2D eigenvalue weighted by molar-refractivity contribution is -0.136. The molecule has 3 N–H and O–H groups in total. The normalized spacial score (nSPS) is 16.4. The Morgan fingerprint density at radius 3 is 2.14 bits per heavy atom. The van der Waals surface area contributed by atoms with Gasteiger partial charge in [-0.25, -0.2) is 0 Å². The van der Waals surface area contributed by atoms with Crippen molar-refractivity contribution >= 4 is 87.7 Å². The number of allylic oxidation sites excluding steroid dienone is 7. The van der Waals surface area contributed by atoms with Crippen LogP contribution in [-0.2, 0) is 25.0 Å². The van der Waals surface area contributed by atoms with Crippen molar-refractivity contribution in [2.45, 2.75) is 40.4 Å². The van der Waals surface area contributed by atoms with Crippen molar-refractivity contribution in [1.29, 1.82) is 0 Å². The minimum absolute atomic E-state index is 0.00928. The van der Waals surface area contributed by atoms with Crippen LogP contribution in [0.2, 0.25) is 0 Å². The van der Waals surface area contributed by atoms with Crippen molar-refractivity contribution in [3.63, 3.8) is 0 Å². The van der Waals surface area contributed by atoms with Crippen LogP contribution in [-0.4, -0.2) is 42.8 Å². The van der Waals surface area contributed by atoms with Crippen molar-refractivity contribution in [2.75, 3.05) is 5.75 Å². The van der Waals surface area contributed by atoms with E-state index in [0.29, 0.717) is 26.7 Å². The third kappa shape index (κ3) is 9.00. The van der Waals surface area contributed by atoms with E-state index >= 15 is 0 Å². The Balaban J connectivity index is 1.33. The lowest BCUT2D eigenvalue weighted by Gasteiger charge is -2.22. The van der Waals surface area contributed by atoms with Crippen LogP contribution in [0, 0.1) is 0 Å². The number of hydrogen-bond acceptors (Lipinski definition) is 7. The van der Waals surface area contributed by atoms with Gasteiger partial charge in [-0.3, -0.25) is 13.9 Å². The lowest BCUT2D eigenvalue weighted by atomic mass is 9.93. The first-order valence-electron chi connectivity index (χ1n) is 17.5. The Kier molecular flexibility index (Phi) is 11.9. The standard InChI is InChI=1S/C43H34O8S5/c44-42(45)24-25-52-43-28(20-22-30-26-38(53-36-16-5-1-12-32(30)36)34-14-3-7-18-40(34)55(46,47)48)10-9-11-29(43)21-23-31-27-39(54-37-17-6-2-13-33(31)37)35-15-4-8-19-41(35)56(49,50)51/h1-8,12-23,26-27H,9-11,24-25H2,(H2-,44,45,46,47,48,49,50,51)/p+1. The fraction of sp³-hybridized carbons (Fsp3) is 0.116. The van der Waals surface area contributed by atoms with E-state index in [1.165, 1.54) is 47.0 Å². The summed E-state index contributed by atoms with van der Waals surface area (Å²) in [7, 11) is -8.95. The minimum atomic E-state index is -4.47. The van der Waals surface area contributed by atoms with Crippen LogP contribution in [0.25, 0.3) is 37.1 Å². The molecule has 2 aliphatic rings. The zero-order valence-electron chi connectivity index (χ0n) is 29.7. The topological polar surface area (TPSA) is 146 Å². The van der Waals surface area contributed by atoms with Crippen LogP contribution in [0.15, 0.2) is 158 Å². The molecule has 8 nitrogen and oxygen atoms in total. The van der Waals surface area contributed by atoms with Crippen LogP contribution in [0.5, 0.6) is 0 Å². The molecule has 2 heterocycles. The molecule has 56 heavy (non-hydrogen) atoms. The summed E-state index contributed by atoms with van der Waals surface area (Å²) in [6.45, 7) is 0. The van der Waals surface area contributed by atoms with Gasteiger partial charge in [0.15, 0.2) is 0 Å². The Bertz CT molecular complexity index is 2760. The van der Waals surface area contributed by atoms with Gasteiger partial charge in [0.1, 0.15) is 9.79 Å². The molecule has 0 spiro atoms. The van der Waals surface area contributed by atoms with Gasteiger partial charge in [-0.15, -0.1) is 11.8 Å². The van der Waals surface area contributed by atoms with Gasteiger partial charge in [0.2, 0.25) is 20.9 Å². The molecule has 0 amide bonds. The molecular weight excluding hydrogens is 805 g/mol. The Morgan fingerprint density at radius 1 is 0.768 bits per heavy atom. The van der Waals surface area contributed by atoms with Crippen molar-refractivity contribution in [1.82, 2.24) is 0 Å². The van der Waals surface area contributed by atoms with E-state index in [4.69, 9.17) is 0 Å². The average molecular weight is 840 g/mol. The van der Waals surface area contributed by atoms with Gasteiger partial charge in [-0.05, 0) is 83.5 Å². The number of aliphatic carboxylic acids is 1. The highest BCUT2D eigenvalue weighted by Crippen LogP contribution is 2.47. The minimum Gasteiger partial charge on any atom is -0.481 e. The summed E-state index contributed by atoms with van der Waals surface area (Å²) in [5, 5.41) is 10.5. The van der Waals surface area contributed by atoms with Crippen LogP contribution >= 0.6 is 34.9 Å². The predicted molar refractivity (Wildman–Crippen MR) is 229 cm³/mol. The van der Waals surface area contributed by atoms with E-state index < -0.39 is 26.2 Å². The molecule has 0 fully saturated rings. The summed E-state index contributed by atoms with van der Waals surface area (Å²) in [5.41, 5.74) is 5.60. The van der Waals surface area contributed by atoms with Crippen LogP contribution in [0.4, 0.5) is 0 Å². The van der Waals surface area contributed by atoms with E-state index in [1.807, 2.05) is 72.8 Å². The number of benzene rings is 4. The van der Waals surface area contributed by atoms with Crippen LogP contribution < -0.4 is 0 Å². The maximum absolute atomic E-state index is 12.3. The summed E-state index contributed by atoms with van der Waals surface area (Å²) < 4.78 is 70.2. The van der Waals surface area contributed by atoms with Gasteiger partial charge in [0, 0.05) is 43.5 Å². The molecule has 1 aliphatic heterocycles. The molecule has 13 heteroatoms. The van der Waals surface area contributed by atoms with E-state index in [0.717, 1.165) is 67.0 Å². The van der Waals surface area contributed by atoms with Gasteiger partial charge in [-0.1, -0.05) is 96.7 Å². The second-order valence-corrected chi connectivity index (χ2v) is 19.0. The molecule has 7 rings (SSSR count). The maximum Gasteiger partial charge on any atom is 0.304 e. The summed E-state index contributed by atoms with van der Waals surface area (Å²) in [5.74, 6) is -0.509. The molecule has 0 saturated heterocycles. The quantitative estimate of drug-likeness (QED) is 0.0867. The first-order chi connectivity index (χ1) is 26.9. The van der Waals surface area contributed by atoms with E-state index in [9.17, 15) is 35.8 Å². The number of hydrogen-bond donors (Lipinski definition) is 3. The third-order valence-electron chi connectivity index (χ3n) is 9.24. The number of rotatable bonds is 11. The number of carbonyl (C=O) groups is 1. The Hall–Kier alpha value is -4.60. The van der Waals surface area contributed by atoms with Gasteiger partial charge < -0.3 is 5.11 Å². The summed E-state index contributed by atoms with van der Waals surface area (Å²) in [4.78, 5) is 14.5. The maximum atomic E-state index is 12.3. The fourth-order valence-electron chi connectivity index (χ4n) is 6.68. The molecule has 5 aromatic rings. The molecule has 0 saturated carbocycles. The second-order valence-electron chi connectivity index (χ2n) is 13.0. The number of fused-ring (bicyclic) bond motifs is 2. The average Bonchev–Trinajstić information content (AvgIpc) is 3.18. The largest absolute Gasteiger partial charge is 0.481 e. The molecular formula is C43H35O8S5+. The molecule has 1 aliphatic carbocycles. The zero-order valence-corrected chi connectivity index (χ0v) is 33.7.